The first-order chi connectivity index (χ1) is 12.7. The molecule has 1 aromatic heterocycles. The van der Waals surface area contributed by atoms with Gasteiger partial charge in [0.05, 0.1) is 43.4 Å². The van der Waals surface area contributed by atoms with Gasteiger partial charge in [0.2, 0.25) is 5.82 Å². The second-order valence-electron chi connectivity index (χ2n) is 6.88. The molecule has 2 atom stereocenters. The predicted molar refractivity (Wildman–Crippen MR) is 98.3 cm³/mol. The van der Waals surface area contributed by atoms with Crippen molar-refractivity contribution < 1.29 is 4.39 Å². The summed E-state index contributed by atoms with van der Waals surface area (Å²) in [6.07, 6.45) is 1.26. The lowest BCUT2D eigenvalue weighted by Crippen LogP contribution is -2.58. The van der Waals surface area contributed by atoms with Gasteiger partial charge in [-0.05, 0) is 36.6 Å². The van der Waals surface area contributed by atoms with Crippen LogP contribution in [0.15, 0.2) is 33.9 Å². The first-order valence-electron chi connectivity index (χ1n) is 8.59. The minimum Gasteiger partial charge on any atom is -0.626 e. The monoisotopic (exact) mass is 373 g/mol. The van der Waals surface area contributed by atoms with Crippen molar-refractivity contribution in [2.45, 2.75) is 25.4 Å². The Bertz CT molecular complexity index is 1040. The van der Waals surface area contributed by atoms with Crippen molar-refractivity contribution in [3.8, 4) is 6.07 Å². The molecule has 142 valence electrons. The molecule has 1 aliphatic rings. The molecule has 27 heavy (non-hydrogen) atoms. The summed E-state index contributed by atoms with van der Waals surface area (Å²) >= 11 is 0. The van der Waals surface area contributed by atoms with Gasteiger partial charge in [0, 0.05) is 7.05 Å². The summed E-state index contributed by atoms with van der Waals surface area (Å²) in [5.41, 5.74) is 5.10. The lowest BCUT2D eigenvalue weighted by atomic mass is 10.1. The molecule has 0 saturated carbocycles. The molecule has 0 radical (unpaired) electrons. The van der Waals surface area contributed by atoms with Gasteiger partial charge in [-0.1, -0.05) is 0 Å². The first-order valence-corrected chi connectivity index (χ1v) is 8.59. The maximum absolute atomic E-state index is 13.7. The largest absolute Gasteiger partial charge is 0.626 e. The fourth-order valence-electron chi connectivity index (χ4n) is 3.50. The van der Waals surface area contributed by atoms with E-state index in [0.29, 0.717) is 12.8 Å². The van der Waals surface area contributed by atoms with Crippen LogP contribution in [0.3, 0.4) is 0 Å². The summed E-state index contributed by atoms with van der Waals surface area (Å²) in [4.78, 5) is 24.9. The summed E-state index contributed by atoms with van der Waals surface area (Å²) in [7, 11) is 1.30. The van der Waals surface area contributed by atoms with E-state index in [2.05, 4.69) is 0 Å². The average molecular weight is 373 g/mol. The Hall–Kier alpha value is -2.80. The zero-order chi connectivity index (χ0) is 19.8. The fourth-order valence-corrected chi connectivity index (χ4v) is 3.50. The maximum Gasteiger partial charge on any atom is 0.335 e. The van der Waals surface area contributed by atoms with E-state index < -0.39 is 21.7 Å². The lowest BCUT2D eigenvalue weighted by Gasteiger charge is -2.46. The minimum absolute atomic E-state index is 0.0219. The van der Waals surface area contributed by atoms with Crippen LogP contribution in [0.2, 0.25) is 0 Å². The predicted octanol–water partition coefficient (Wildman–Crippen LogP) is 0.532. The van der Waals surface area contributed by atoms with Crippen LogP contribution >= 0.6 is 0 Å². The summed E-state index contributed by atoms with van der Waals surface area (Å²) in [6, 6.07) is 6.36. The van der Waals surface area contributed by atoms with Crippen LogP contribution in [-0.4, -0.2) is 28.3 Å². The molecular weight excluding hydrogens is 353 g/mol. The van der Waals surface area contributed by atoms with Gasteiger partial charge in [0.25, 0.3) is 5.56 Å². The number of quaternary nitrogens is 1. The van der Waals surface area contributed by atoms with Crippen LogP contribution in [-0.2, 0) is 13.6 Å². The van der Waals surface area contributed by atoms with Crippen LogP contribution in [0.4, 0.5) is 10.2 Å². The Kier molecular flexibility index (Phi) is 4.97. The second kappa shape index (κ2) is 7.08. The Labute approximate surface area is 154 Å². The van der Waals surface area contributed by atoms with E-state index in [-0.39, 0.29) is 42.6 Å². The van der Waals surface area contributed by atoms with Crippen molar-refractivity contribution in [1.29, 1.82) is 5.26 Å². The van der Waals surface area contributed by atoms with E-state index in [9.17, 15) is 24.4 Å². The highest BCUT2D eigenvalue weighted by Crippen LogP contribution is 2.26. The summed E-state index contributed by atoms with van der Waals surface area (Å²) < 4.78 is 14.8. The number of piperidine rings is 1. The van der Waals surface area contributed by atoms with Crippen molar-refractivity contribution in [2.75, 3.05) is 13.1 Å². The quantitative estimate of drug-likeness (QED) is 0.622. The van der Waals surface area contributed by atoms with Crippen molar-refractivity contribution in [1.82, 2.24) is 13.8 Å². The van der Waals surface area contributed by atoms with E-state index in [0.717, 1.165) is 27.3 Å². The van der Waals surface area contributed by atoms with Gasteiger partial charge in [-0.25, -0.2) is 13.8 Å². The average Bonchev–Trinajstić information content (AvgIpc) is 2.62. The number of nitriles is 1. The molecular formula is C18H20FN5O3. The number of halogens is 1. The highest BCUT2D eigenvalue weighted by atomic mass is 19.1. The molecule has 2 heterocycles. The third-order valence-corrected chi connectivity index (χ3v) is 4.93. The number of aromatic nitrogens is 2. The van der Waals surface area contributed by atoms with Gasteiger partial charge in [-0.2, -0.15) is 5.26 Å². The van der Waals surface area contributed by atoms with Crippen molar-refractivity contribution in [3.63, 3.8) is 0 Å². The Morgan fingerprint density at radius 2 is 2.15 bits per heavy atom. The molecule has 0 spiro atoms. The number of nitrogens with two attached hydrogens (primary N) is 1. The third-order valence-electron chi connectivity index (χ3n) is 4.93. The normalized spacial score (nSPS) is 22.4. The highest BCUT2D eigenvalue weighted by Gasteiger charge is 2.32. The molecule has 0 aliphatic carbocycles. The molecule has 0 amide bonds. The SMILES string of the molecule is Cn1c(=O)cc([N+]2([O-])CCC[C@@H](N)C2)n(Cc2cc(F)ccc2C#N)c1=O. The molecule has 1 aromatic carbocycles. The number of hydrogen-bond donors (Lipinski definition) is 1. The molecule has 0 bridgehead atoms. The number of rotatable bonds is 3. The number of benzene rings is 1. The van der Waals surface area contributed by atoms with E-state index >= 15 is 0 Å². The molecule has 1 saturated heterocycles. The summed E-state index contributed by atoms with van der Waals surface area (Å²) in [5.74, 6) is -0.583. The maximum atomic E-state index is 13.7. The van der Waals surface area contributed by atoms with Crippen LogP contribution < -0.4 is 21.6 Å². The molecule has 1 unspecified atom stereocenters. The zero-order valence-corrected chi connectivity index (χ0v) is 14.9. The van der Waals surface area contributed by atoms with Crippen molar-refractivity contribution >= 4 is 5.82 Å². The Balaban J connectivity index is 2.20. The number of hydroxylamine groups is 2. The molecule has 9 heteroatoms. The van der Waals surface area contributed by atoms with Gasteiger partial charge in [0.1, 0.15) is 5.82 Å². The van der Waals surface area contributed by atoms with E-state index in [1.165, 1.54) is 13.1 Å². The highest BCUT2D eigenvalue weighted by molar-refractivity contribution is 5.41. The van der Waals surface area contributed by atoms with Crippen LogP contribution in [0.1, 0.15) is 24.0 Å². The van der Waals surface area contributed by atoms with Gasteiger partial charge in [0.15, 0.2) is 0 Å². The lowest BCUT2D eigenvalue weighted by molar-refractivity contribution is 0.264. The van der Waals surface area contributed by atoms with Gasteiger partial charge >= 0.3 is 5.69 Å². The Morgan fingerprint density at radius 1 is 1.41 bits per heavy atom. The summed E-state index contributed by atoms with van der Waals surface area (Å²) in [5, 5.41) is 22.7. The fraction of sp³-hybridized carbons (Fsp3) is 0.389. The molecule has 8 nitrogen and oxygen atoms in total. The topological polar surface area (TPSA) is 117 Å². The molecule has 1 fully saturated rings. The second-order valence-corrected chi connectivity index (χ2v) is 6.88. The molecule has 3 rings (SSSR count). The van der Waals surface area contributed by atoms with Gasteiger partial charge < -0.3 is 15.6 Å². The van der Waals surface area contributed by atoms with E-state index in [1.807, 2.05) is 6.07 Å². The van der Waals surface area contributed by atoms with Crippen molar-refractivity contribution in [2.24, 2.45) is 12.8 Å². The minimum atomic E-state index is -0.899. The zero-order valence-electron chi connectivity index (χ0n) is 14.9. The Morgan fingerprint density at radius 3 is 2.81 bits per heavy atom. The molecule has 2 N–H and O–H groups in total. The standard InChI is InChI=1S/C18H20FN5O3/c1-22-17(25)8-16(24(27)6-2-3-15(21)11-24)23(18(22)26)10-13-7-14(19)5-4-12(13)9-20/h4-5,7-8,15H,2-3,6,10-11,21H2,1H3/t15-,24?/m1/s1. The van der Waals surface area contributed by atoms with Gasteiger partial charge in [-0.15, -0.1) is 0 Å². The van der Waals surface area contributed by atoms with Crippen LogP contribution in [0, 0.1) is 22.4 Å². The number of nitrogens with zero attached hydrogens (tertiary/aromatic N) is 4. The summed E-state index contributed by atoms with van der Waals surface area (Å²) in [6.45, 7) is 0.0375. The molecule has 1 aliphatic heterocycles. The number of hydrogen-bond acceptors (Lipinski definition) is 5. The smallest absolute Gasteiger partial charge is 0.335 e. The third kappa shape index (κ3) is 3.55. The van der Waals surface area contributed by atoms with Gasteiger partial charge in [-0.3, -0.25) is 9.36 Å². The van der Waals surface area contributed by atoms with E-state index in [4.69, 9.17) is 5.73 Å². The van der Waals surface area contributed by atoms with Crippen LogP contribution in [0.25, 0.3) is 0 Å². The van der Waals surface area contributed by atoms with Crippen LogP contribution in [0.5, 0.6) is 0 Å². The van der Waals surface area contributed by atoms with Crippen molar-refractivity contribution in [3.05, 3.63) is 67.3 Å². The van der Waals surface area contributed by atoms with E-state index in [1.54, 1.807) is 0 Å². The molecule has 2 aromatic rings. The first kappa shape index (κ1) is 19.0.